The molecule has 0 N–H and O–H groups in total. The van der Waals surface area contributed by atoms with Crippen LogP contribution in [-0.2, 0) is 9.22 Å². The molecule has 0 atom stereocenters. The highest BCUT2D eigenvalue weighted by Gasteiger charge is 2.36. The molecule has 0 aromatic rings. The van der Waals surface area contributed by atoms with Gasteiger partial charge >= 0.3 is 0 Å². The van der Waals surface area contributed by atoms with E-state index in [0.717, 1.165) is 44.3 Å². The van der Waals surface area contributed by atoms with Crippen LogP contribution in [0, 0.1) is 0 Å². The third-order valence-electron chi connectivity index (χ3n) is 4.22. The molecule has 104 valence electrons. The molecule has 0 radical (unpaired) electrons. The van der Waals surface area contributed by atoms with Gasteiger partial charge in [0.05, 0.1) is 0 Å². The van der Waals surface area contributed by atoms with E-state index in [4.69, 9.17) is 4.43 Å². The number of ketones is 1. The lowest BCUT2D eigenvalue weighted by Crippen LogP contribution is -2.40. The van der Waals surface area contributed by atoms with Crippen LogP contribution in [0.1, 0.15) is 52.9 Å². The second kappa shape index (κ2) is 6.16. The van der Waals surface area contributed by atoms with Crippen molar-refractivity contribution in [3.63, 3.8) is 0 Å². The average Bonchev–Trinajstić information content (AvgIpc) is 2.62. The van der Waals surface area contributed by atoms with E-state index in [1.54, 1.807) is 0 Å². The molecule has 0 amide bonds. The molecule has 18 heavy (non-hydrogen) atoms. The number of hydrogen-bond acceptors (Lipinski definition) is 2. The molecular weight excluding hydrogens is 240 g/mol. The smallest absolute Gasteiger partial charge is 0.191 e. The Balaban J connectivity index is 2.25. The summed E-state index contributed by atoms with van der Waals surface area (Å²) in [5.41, 5.74) is 1.06. The summed E-state index contributed by atoms with van der Waals surface area (Å²) in [6, 6.07) is 0. The maximum absolute atomic E-state index is 11.4. The minimum absolute atomic E-state index is 0.285. The van der Waals surface area contributed by atoms with Gasteiger partial charge in [-0.3, -0.25) is 4.79 Å². The van der Waals surface area contributed by atoms with Crippen LogP contribution in [0.4, 0.5) is 0 Å². The number of rotatable bonds is 5. The highest BCUT2D eigenvalue weighted by atomic mass is 28.4. The molecule has 2 nitrogen and oxygen atoms in total. The van der Waals surface area contributed by atoms with E-state index >= 15 is 0 Å². The van der Waals surface area contributed by atoms with Crippen molar-refractivity contribution >= 4 is 14.1 Å². The van der Waals surface area contributed by atoms with Gasteiger partial charge in [-0.05, 0) is 49.4 Å². The summed E-state index contributed by atoms with van der Waals surface area (Å²) in [4.78, 5) is 11.4. The summed E-state index contributed by atoms with van der Waals surface area (Å²) in [6.07, 6.45) is 6.93. The van der Waals surface area contributed by atoms with Crippen molar-refractivity contribution in [2.24, 2.45) is 0 Å². The Morgan fingerprint density at radius 3 is 2.44 bits per heavy atom. The minimum atomic E-state index is -1.59. The Morgan fingerprint density at radius 1 is 1.28 bits per heavy atom. The molecule has 1 fully saturated rings. The van der Waals surface area contributed by atoms with Gasteiger partial charge in [0.15, 0.2) is 14.1 Å². The maximum atomic E-state index is 11.4. The molecule has 0 heterocycles. The van der Waals surface area contributed by atoms with Gasteiger partial charge in [0.2, 0.25) is 0 Å². The summed E-state index contributed by atoms with van der Waals surface area (Å²) >= 11 is 0. The molecule has 0 aromatic heterocycles. The van der Waals surface area contributed by atoms with E-state index in [1.165, 1.54) is 0 Å². The van der Waals surface area contributed by atoms with Crippen molar-refractivity contribution in [2.45, 2.75) is 71.0 Å². The predicted octanol–water partition coefficient (Wildman–Crippen LogP) is 4.47. The normalized spacial score (nSPS) is 19.8. The Bertz CT molecular complexity index is 324. The van der Waals surface area contributed by atoms with E-state index in [0.29, 0.717) is 5.78 Å². The highest BCUT2D eigenvalue weighted by molar-refractivity contribution is 6.74. The van der Waals surface area contributed by atoms with Gasteiger partial charge in [-0.25, -0.2) is 0 Å². The number of Topliss-reactive ketones (excluding diaryl/α,β-unsaturated/α-hetero) is 1. The fourth-order valence-corrected chi connectivity index (χ4v) is 2.95. The molecular formula is C15H28O2Si. The number of hydrogen-bond donors (Lipinski definition) is 0. The molecule has 0 aromatic carbocycles. The molecule has 0 saturated heterocycles. The van der Waals surface area contributed by atoms with Gasteiger partial charge in [0, 0.05) is 13.0 Å². The zero-order chi connectivity index (χ0) is 13.8. The van der Waals surface area contributed by atoms with E-state index in [-0.39, 0.29) is 5.04 Å². The third kappa shape index (κ3) is 4.36. The molecule has 0 aliphatic heterocycles. The van der Waals surface area contributed by atoms with Crippen molar-refractivity contribution in [3.8, 4) is 0 Å². The Labute approximate surface area is 113 Å². The lowest BCUT2D eigenvalue weighted by Gasteiger charge is -2.36. The Kier molecular flexibility index (Phi) is 5.35. The van der Waals surface area contributed by atoms with Crippen LogP contribution >= 0.6 is 0 Å². The minimum Gasteiger partial charge on any atom is -0.417 e. The van der Waals surface area contributed by atoms with Gasteiger partial charge in [-0.15, -0.1) is 0 Å². The first-order chi connectivity index (χ1) is 8.24. The average molecular weight is 268 g/mol. The van der Waals surface area contributed by atoms with Gasteiger partial charge in [0.25, 0.3) is 0 Å². The fourth-order valence-electron chi connectivity index (χ4n) is 1.86. The molecule has 3 heteroatoms. The quantitative estimate of drug-likeness (QED) is 0.418. The lowest BCUT2D eigenvalue weighted by molar-refractivity contribution is -0.114. The van der Waals surface area contributed by atoms with Crippen LogP contribution in [0.15, 0.2) is 11.6 Å². The fraction of sp³-hybridized carbons (Fsp3) is 0.800. The van der Waals surface area contributed by atoms with Gasteiger partial charge < -0.3 is 4.43 Å². The van der Waals surface area contributed by atoms with Crippen LogP contribution in [0.2, 0.25) is 18.1 Å². The summed E-state index contributed by atoms with van der Waals surface area (Å²) in [5, 5.41) is 0.285. The number of allylic oxidation sites excluding steroid dienone is 2. The maximum Gasteiger partial charge on any atom is 0.191 e. The van der Waals surface area contributed by atoms with Crippen LogP contribution in [-0.4, -0.2) is 20.7 Å². The van der Waals surface area contributed by atoms with Crippen molar-refractivity contribution in [3.05, 3.63) is 11.6 Å². The van der Waals surface area contributed by atoms with E-state index in [9.17, 15) is 4.79 Å². The lowest BCUT2D eigenvalue weighted by atomic mass is 10.1. The SMILES string of the molecule is CC(C)(C)[Si](C)(C)OCCC/C=C1\CCCC1=O. The van der Waals surface area contributed by atoms with Crippen molar-refractivity contribution in [1.29, 1.82) is 0 Å². The van der Waals surface area contributed by atoms with Gasteiger partial charge in [0.1, 0.15) is 0 Å². The van der Waals surface area contributed by atoms with E-state index in [2.05, 4.69) is 39.9 Å². The molecule has 0 spiro atoms. The summed E-state index contributed by atoms with van der Waals surface area (Å²) in [6.45, 7) is 12.2. The Hall–Kier alpha value is -0.413. The van der Waals surface area contributed by atoms with Crippen LogP contribution < -0.4 is 0 Å². The molecule has 0 bridgehead atoms. The monoisotopic (exact) mass is 268 g/mol. The molecule has 1 rings (SSSR count). The first kappa shape index (κ1) is 15.6. The second-order valence-corrected chi connectivity index (χ2v) is 11.6. The highest BCUT2D eigenvalue weighted by Crippen LogP contribution is 2.36. The molecule has 1 saturated carbocycles. The summed E-state index contributed by atoms with van der Waals surface area (Å²) in [7, 11) is -1.59. The Morgan fingerprint density at radius 2 is 1.94 bits per heavy atom. The first-order valence-corrected chi connectivity index (χ1v) is 10.0. The second-order valence-electron chi connectivity index (χ2n) is 6.76. The van der Waals surface area contributed by atoms with Crippen LogP contribution in [0.25, 0.3) is 0 Å². The summed E-state index contributed by atoms with van der Waals surface area (Å²) < 4.78 is 6.11. The number of carbonyl (C=O) groups is 1. The van der Waals surface area contributed by atoms with Gasteiger partial charge in [-0.2, -0.15) is 0 Å². The molecule has 1 aliphatic rings. The van der Waals surface area contributed by atoms with Gasteiger partial charge in [-0.1, -0.05) is 26.8 Å². The summed E-state index contributed by atoms with van der Waals surface area (Å²) in [5.74, 6) is 0.361. The largest absolute Gasteiger partial charge is 0.417 e. The zero-order valence-electron chi connectivity index (χ0n) is 12.6. The third-order valence-corrected chi connectivity index (χ3v) is 8.75. The van der Waals surface area contributed by atoms with Crippen molar-refractivity contribution in [1.82, 2.24) is 0 Å². The van der Waals surface area contributed by atoms with Crippen molar-refractivity contribution in [2.75, 3.05) is 6.61 Å². The number of unbranched alkanes of at least 4 members (excludes halogenated alkanes) is 1. The topological polar surface area (TPSA) is 26.3 Å². The van der Waals surface area contributed by atoms with E-state index < -0.39 is 8.32 Å². The first-order valence-electron chi connectivity index (χ1n) is 7.10. The molecule has 0 unspecified atom stereocenters. The molecule has 1 aliphatic carbocycles. The van der Waals surface area contributed by atoms with Crippen LogP contribution in [0.3, 0.4) is 0 Å². The number of carbonyl (C=O) groups excluding carboxylic acids is 1. The van der Waals surface area contributed by atoms with Crippen molar-refractivity contribution < 1.29 is 9.22 Å². The van der Waals surface area contributed by atoms with Crippen LogP contribution in [0.5, 0.6) is 0 Å². The standard InChI is InChI=1S/C15H28O2Si/c1-15(2,3)18(4,5)17-12-7-6-9-13-10-8-11-14(13)16/h9H,6-8,10-12H2,1-5H3/b13-9+. The predicted molar refractivity (Wildman–Crippen MR) is 79.3 cm³/mol. The van der Waals surface area contributed by atoms with E-state index in [1.807, 2.05) is 0 Å². The zero-order valence-corrected chi connectivity index (χ0v) is 13.6.